The smallest absolute Gasteiger partial charge is 0.228 e. The maximum atomic E-state index is 15.3. The fourth-order valence-corrected chi connectivity index (χ4v) is 6.55. The second kappa shape index (κ2) is 12.1. The third kappa shape index (κ3) is 5.94. The zero-order valence-electron chi connectivity index (χ0n) is 25.9. The summed E-state index contributed by atoms with van der Waals surface area (Å²) >= 11 is 0. The van der Waals surface area contributed by atoms with Gasteiger partial charge >= 0.3 is 0 Å². The van der Waals surface area contributed by atoms with Gasteiger partial charge in [0, 0.05) is 35.1 Å². The van der Waals surface area contributed by atoms with E-state index in [1.54, 1.807) is 24.4 Å². The highest BCUT2D eigenvalue weighted by Crippen LogP contribution is 2.59. The quantitative estimate of drug-likeness (QED) is 0.218. The van der Waals surface area contributed by atoms with Crippen LogP contribution in [0.3, 0.4) is 0 Å². The van der Waals surface area contributed by atoms with Crippen molar-refractivity contribution in [3.05, 3.63) is 78.5 Å². The molecule has 10 nitrogen and oxygen atoms in total. The number of methoxy groups -OCH3 is 1. The van der Waals surface area contributed by atoms with Crippen LogP contribution in [0.5, 0.6) is 23.0 Å². The molecule has 3 aliphatic rings. The Labute approximate surface area is 269 Å². The van der Waals surface area contributed by atoms with Crippen molar-refractivity contribution in [3.8, 4) is 23.0 Å². The Morgan fingerprint density at radius 1 is 0.872 bits per heavy atom. The first kappa shape index (κ1) is 30.8. The highest BCUT2D eigenvalue weighted by molar-refractivity contribution is 6.04. The maximum absolute atomic E-state index is 15.3. The third-order valence-corrected chi connectivity index (χ3v) is 9.17. The van der Waals surface area contributed by atoms with E-state index in [0.29, 0.717) is 47.1 Å². The summed E-state index contributed by atoms with van der Waals surface area (Å²) in [5.74, 6) is -1.73. The number of hydrogen-bond acceptors (Lipinski definition) is 8. The number of halogens is 2. The van der Waals surface area contributed by atoms with E-state index in [9.17, 15) is 14.0 Å². The van der Waals surface area contributed by atoms with Crippen LogP contribution in [0.15, 0.2) is 66.9 Å². The van der Waals surface area contributed by atoms with E-state index in [1.165, 1.54) is 43.5 Å². The molecule has 47 heavy (non-hydrogen) atoms. The second-order valence-electron chi connectivity index (χ2n) is 12.5. The summed E-state index contributed by atoms with van der Waals surface area (Å²) in [5.41, 5.74) is 0.587. The minimum Gasteiger partial charge on any atom is -0.493 e. The van der Waals surface area contributed by atoms with Crippen molar-refractivity contribution in [1.29, 1.82) is 0 Å². The number of amides is 2. The molecule has 4 aromatic rings. The molecule has 3 fully saturated rings. The number of fused-ring (bicyclic) bond motifs is 2. The van der Waals surface area contributed by atoms with E-state index in [4.69, 9.17) is 23.7 Å². The van der Waals surface area contributed by atoms with Crippen molar-refractivity contribution >= 4 is 34.1 Å². The molecule has 1 saturated carbocycles. The van der Waals surface area contributed by atoms with Crippen LogP contribution in [-0.2, 0) is 19.1 Å². The van der Waals surface area contributed by atoms with Crippen LogP contribution in [0.4, 0.5) is 20.2 Å². The van der Waals surface area contributed by atoms with E-state index in [0.717, 1.165) is 12.5 Å². The van der Waals surface area contributed by atoms with Crippen molar-refractivity contribution in [1.82, 2.24) is 4.98 Å². The van der Waals surface area contributed by atoms with Gasteiger partial charge in [-0.15, -0.1) is 0 Å². The van der Waals surface area contributed by atoms with E-state index < -0.39 is 34.8 Å². The average molecular weight is 646 g/mol. The topological polar surface area (TPSA) is 117 Å². The van der Waals surface area contributed by atoms with Gasteiger partial charge in [-0.05, 0) is 60.4 Å². The zero-order chi connectivity index (χ0) is 32.9. The number of rotatable bonds is 9. The Kier molecular flexibility index (Phi) is 7.93. The number of ether oxygens (including phenoxy) is 5. The van der Waals surface area contributed by atoms with Crippen LogP contribution < -0.4 is 24.8 Å². The molecule has 3 heterocycles. The first-order valence-corrected chi connectivity index (χ1v) is 15.3. The Balaban J connectivity index is 1.03. The monoisotopic (exact) mass is 645 g/mol. The number of benzene rings is 3. The summed E-state index contributed by atoms with van der Waals surface area (Å²) in [6.07, 6.45) is 1.97. The SMILES string of the molecule is COc1cc2c(Oc3ccc(NC(=O)[C@H]4[C@@H](C(=O)Nc5ccc(F)cc5)C4(C)C)cc3F)ccnc2cc1O[C@@H]1CO[C@H]2OCC[C@H]21. The van der Waals surface area contributed by atoms with Gasteiger partial charge in [-0.3, -0.25) is 14.6 Å². The van der Waals surface area contributed by atoms with E-state index in [1.807, 2.05) is 13.8 Å². The molecule has 5 atom stereocenters. The molecule has 1 aromatic heterocycles. The van der Waals surface area contributed by atoms with Gasteiger partial charge in [0.15, 0.2) is 29.4 Å². The number of aromatic nitrogens is 1. The molecule has 0 spiro atoms. The van der Waals surface area contributed by atoms with Crippen molar-refractivity contribution < 1.29 is 42.1 Å². The highest BCUT2D eigenvalue weighted by atomic mass is 19.1. The van der Waals surface area contributed by atoms with Crippen LogP contribution in [0, 0.1) is 34.8 Å². The van der Waals surface area contributed by atoms with Gasteiger partial charge in [0.2, 0.25) is 11.8 Å². The minimum absolute atomic E-state index is 0.0616. The molecule has 2 N–H and O–H groups in total. The molecule has 12 heteroatoms. The van der Waals surface area contributed by atoms with Gasteiger partial charge in [-0.1, -0.05) is 13.8 Å². The Morgan fingerprint density at radius 3 is 2.32 bits per heavy atom. The standard InChI is InChI=1S/C35H33F2N3O7/c1-35(2)30(32(41)39-19-6-4-18(36)5-7-19)31(35)33(42)40-20-8-9-26(23(37)14-20)46-25-10-12-38-24-16-28(27(43-3)15-22(24)25)47-29-17-45-34-21(29)11-13-44-34/h4-10,12,14-16,21,29-31,34H,11,13,17H2,1-3H3,(H,39,41)(H,40,42)/t21-,29+,30-,31+,34+/m0/s1. The molecular formula is C35H33F2N3O7. The Hall–Kier alpha value is -4.81. The summed E-state index contributed by atoms with van der Waals surface area (Å²) < 4.78 is 57.7. The lowest BCUT2D eigenvalue weighted by Crippen LogP contribution is -2.26. The third-order valence-electron chi connectivity index (χ3n) is 9.17. The lowest BCUT2D eigenvalue weighted by atomic mass is 10.0. The minimum atomic E-state index is -0.699. The number of nitrogens with zero attached hydrogens (tertiary/aromatic N) is 1. The molecule has 0 unspecified atom stereocenters. The summed E-state index contributed by atoms with van der Waals surface area (Å²) in [7, 11) is 1.53. The molecule has 2 aliphatic heterocycles. The first-order chi connectivity index (χ1) is 22.6. The van der Waals surface area contributed by atoms with Crippen molar-refractivity contribution in [2.45, 2.75) is 32.7 Å². The van der Waals surface area contributed by atoms with Gasteiger partial charge in [0.25, 0.3) is 0 Å². The van der Waals surface area contributed by atoms with E-state index in [2.05, 4.69) is 15.6 Å². The molecule has 1 aliphatic carbocycles. The van der Waals surface area contributed by atoms with Gasteiger partial charge in [-0.2, -0.15) is 0 Å². The van der Waals surface area contributed by atoms with Gasteiger partial charge < -0.3 is 34.3 Å². The van der Waals surface area contributed by atoms with Crippen LogP contribution in [0.2, 0.25) is 0 Å². The number of anilines is 2. The number of nitrogens with one attached hydrogen (secondary N) is 2. The van der Waals surface area contributed by atoms with Crippen molar-refractivity contribution in [2.75, 3.05) is 31.0 Å². The molecule has 244 valence electrons. The number of hydrogen-bond donors (Lipinski definition) is 2. The van der Waals surface area contributed by atoms with Gasteiger partial charge in [0.1, 0.15) is 17.7 Å². The summed E-state index contributed by atoms with van der Waals surface area (Å²) in [6, 6.07) is 14.6. The predicted molar refractivity (Wildman–Crippen MR) is 167 cm³/mol. The molecule has 2 amide bonds. The van der Waals surface area contributed by atoms with E-state index in [-0.39, 0.29) is 35.7 Å². The summed E-state index contributed by atoms with van der Waals surface area (Å²) in [6.45, 7) is 4.68. The first-order valence-electron chi connectivity index (χ1n) is 15.3. The molecule has 3 aromatic carbocycles. The van der Waals surface area contributed by atoms with Crippen LogP contribution >= 0.6 is 0 Å². The maximum Gasteiger partial charge on any atom is 0.228 e. The Bertz CT molecular complexity index is 1850. The normalized spacial score (nSPS) is 24.0. The molecule has 2 saturated heterocycles. The van der Waals surface area contributed by atoms with Crippen LogP contribution in [0.25, 0.3) is 10.9 Å². The lowest BCUT2D eigenvalue weighted by Gasteiger charge is -2.20. The molecule has 7 rings (SSSR count). The Morgan fingerprint density at radius 2 is 1.60 bits per heavy atom. The fourth-order valence-electron chi connectivity index (χ4n) is 6.55. The zero-order valence-corrected chi connectivity index (χ0v) is 25.9. The summed E-state index contributed by atoms with van der Waals surface area (Å²) in [5, 5.41) is 6.03. The average Bonchev–Trinajstić information content (AvgIpc) is 3.31. The molecular weight excluding hydrogens is 612 g/mol. The van der Waals surface area contributed by atoms with E-state index >= 15 is 4.39 Å². The molecule has 0 bridgehead atoms. The van der Waals surface area contributed by atoms with Crippen LogP contribution in [-0.4, -0.2) is 49.5 Å². The van der Waals surface area contributed by atoms with Gasteiger partial charge in [0.05, 0.1) is 43.6 Å². The second-order valence-corrected chi connectivity index (χ2v) is 12.5. The number of carbonyl (C=O) groups is 2. The largest absolute Gasteiger partial charge is 0.493 e. The van der Waals surface area contributed by atoms with Crippen molar-refractivity contribution in [2.24, 2.45) is 23.2 Å². The lowest BCUT2D eigenvalue weighted by molar-refractivity contribution is -0.122. The highest BCUT2D eigenvalue weighted by Gasteiger charge is 2.65. The van der Waals surface area contributed by atoms with Crippen molar-refractivity contribution in [3.63, 3.8) is 0 Å². The fraction of sp³-hybridized carbons (Fsp3) is 0.343. The summed E-state index contributed by atoms with van der Waals surface area (Å²) in [4.78, 5) is 30.5. The van der Waals surface area contributed by atoms with Gasteiger partial charge in [-0.25, -0.2) is 8.78 Å². The number of pyridine rings is 1. The molecule has 0 radical (unpaired) electrons. The van der Waals surface area contributed by atoms with Crippen LogP contribution in [0.1, 0.15) is 20.3 Å². The number of carbonyl (C=O) groups excluding carboxylic acids is 2. The predicted octanol–water partition coefficient (Wildman–Crippen LogP) is 6.30.